The van der Waals surface area contributed by atoms with Crippen LogP contribution in [0.2, 0.25) is 0 Å². The van der Waals surface area contributed by atoms with Crippen molar-refractivity contribution in [2.45, 2.75) is 51.6 Å². The molecule has 4 bridgehead atoms. The highest BCUT2D eigenvalue weighted by atomic mass is 16.5. The number of hydrogen-bond acceptors (Lipinski definition) is 3. The Morgan fingerprint density at radius 1 is 1.16 bits per heavy atom. The van der Waals surface area contributed by atoms with Crippen molar-refractivity contribution in [2.24, 2.45) is 23.2 Å². The van der Waals surface area contributed by atoms with Crippen LogP contribution in [0.25, 0.3) is 0 Å². The van der Waals surface area contributed by atoms with Gasteiger partial charge in [0.1, 0.15) is 5.75 Å². The van der Waals surface area contributed by atoms with Crippen molar-refractivity contribution < 1.29 is 14.3 Å². The van der Waals surface area contributed by atoms with E-state index in [2.05, 4.69) is 10.6 Å². The van der Waals surface area contributed by atoms with Gasteiger partial charge in [0, 0.05) is 5.69 Å². The smallest absolute Gasteiger partial charge is 0.265 e. The molecule has 4 aliphatic carbocycles. The highest BCUT2D eigenvalue weighted by molar-refractivity contribution is 6.00. The first-order valence-corrected chi connectivity index (χ1v) is 9.44. The Morgan fingerprint density at radius 3 is 2.44 bits per heavy atom. The molecule has 4 saturated carbocycles. The van der Waals surface area contributed by atoms with E-state index < -0.39 is 6.10 Å². The molecule has 1 aromatic carbocycles. The maximum absolute atomic E-state index is 13.1. The minimum absolute atomic E-state index is 0.155. The van der Waals surface area contributed by atoms with Crippen molar-refractivity contribution in [1.29, 1.82) is 0 Å². The van der Waals surface area contributed by atoms with Gasteiger partial charge in [0.2, 0.25) is 5.91 Å². The third kappa shape index (κ3) is 2.43. The number of rotatable bonds is 2. The average molecular weight is 340 g/mol. The molecule has 2 amide bonds. The molecule has 0 radical (unpaired) electrons. The summed E-state index contributed by atoms with van der Waals surface area (Å²) in [6.45, 7) is 1.72. The lowest BCUT2D eigenvalue weighted by atomic mass is 9.49. The Morgan fingerprint density at radius 2 is 1.80 bits per heavy atom. The second kappa shape index (κ2) is 5.23. The highest BCUT2D eigenvalue weighted by Gasteiger charge is 2.54. The van der Waals surface area contributed by atoms with Gasteiger partial charge in [0.25, 0.3) is 5.91 Å². The Bertz CT molecular complexity index is 722. The molecule has 4 fully saturated rings. The lowest BCUT2D eigenvalue weighted by Crippen LogP contribution is -2.51. The first-order valence-electron chi connectivity index (χ1n) is 9.44. The molecule has 5 heteroatoms. The SMILES string of the molecule is C[C@H]1Oc2ccc(NC(=O)C34CC5CC(CC(C5)C3)C4)cc2NC1=O. The number of carbonyl (C=O) groups excluding carboxylic acids is 2. The molecule has 1 heterocycles. The molecule has 5 nitrogen and oxygen atoms in total. The number of nitrogens with one attached hydrogen (secondary N) is 2. The van der Waals surface area contributed by atoms with Gasteiger partial charge in [-0.3, -0.25) is 9.59 Å². The Hall–Kier alpha value is -2.04. The normalized spacial score (nSPS) is 37.9. The summed E-state index contributed by atoms with van der Waals surface area (Å²) in [6.07, 6.45) is 6.64. The molecule has 0 aromatic heterocycles. The molecular formula is C20H24N2O3. The summed E-state index contributed by atoms with van der Waals surface area (Å²) in [6, 6.07) is 5.49. The molecule has 0 saturated heterocycles. The quantitative estimate of drug-likeness (QED) is 0.865. The molecule has 25 heavy (non-hydrogen) atoms. The zero-order valence-corrected chi connectivity index (χ0v) is 14.5. The monoisotopic (exact) mass is 340 g/mol. The third-order valence-corrected chi connectivity index (χ3v) is 6.69. The molecule has 0 unspecified atom stereocenters. The summed E-state index contributed by atoms with van der Waals surface area (Å²) in [7, 11) is 0. The van der Waals surface area contributed by atoms with Crippen molar-refractivity contribution in [3.05, 3.63) is 18.2 Å². The van der Waals surface area contributed by atoms with Crippen LogP contribution < -0.4 is 15.4 Å². The zero-order valence-electron chi connectivity index (χ0n) is 14.5. The van der Waals surface area contributed by atoms with Crippen LogP contribution in [0.4, 0.5) is 11.4 Å². The second-order valence-corrected chi connectivity index (χ2v) is 8.61. The van der Waals surface area contributed by atoms with Crippen LogP contribution in [0.3, 0.4) is 0 Å². The molecular weight excluding hydrogens is 316 g/mol. The van der Waals surface area contributed by atoms with Crippen LogP contribution in [0.15, 0.2) is 18.2 Å². The first-order chi connectivity index (χ1) is 12.0. The van der Waals surface area contributed by atoms with Gasteiger partial charge in [0.15, 0.2) is 6.10 Å². The first kappa shape index (κ1) is 15.2. The maximum Gasteiger partial charge on any atom is 0.265 e. The molecule has 1 aromatic rings. The Kier molecular flexibility index (Phi) is 3.19. The van der Waals surface area contributed by atoms with Crippen LogP contribution in [-0.4, -0.2) is 17.9 Å². The fourth-order valence-electron chi connectivity index (χ4n) is 5.94. The summed E-state index contributed by atoms with van der Waals surface area (Å²) in [5.41, 5.74) is 1.20. The van der Waals surface area contributed by atoms with Crippen molar-refractivity contribution in [3.63, 3.8) is 0 Å². The topological polar surface area (TPSA) is 67.4 Å². The fraction of sp³-hybridized carbons (Fsp3) is 0.600. The van der Waals surface area contributed by atoms with Crippen molar-refractivity contribution in [2.75, 3.05) is 10.6 Å². The van der Waals surface area contributed by atoms with Crippen LogP contribution in [0.1, 0.15) is 45.4 Å². The Labute approximate surface area is 147 Å². The van der Waals surface area contributed by atoms with Gasteiger partial charge in [-0.15, -0.1) is 0 Å². The third-order valence-electron chi connectivity index (χ3n) is 6.69. The van der Waals surface area contributed by atoms with E-state index >= 15 is 0 Å². The number of fused-ring (bicyclic) bond motifs is 1. The predicted octanol–water partition coefficient (Wildman–Crippen LogP) is 3.56. The zero-order chi connectivity index (χ0) is 17.2. The predicted molar refractivity (Wildman–Crippen MR) is 94.4 cm³/mol. The number of anilines is 2. The van der Waals surface area contributed by atoms with Crippen LogP contribution in [-0.2, 0) is 9.59 Å². The summed E-state index contributed by atoms with van der Waals surface area (Å²) in [4.78, 5) is 24.9. The summed E-state index contributed by atoms with van der Waals surface area (Å²) >= 11 is 0. The van der Waals surface area contributed by atoms with Gasteiger partial charge >= 0.3 is 0 Å². The summed E-state index contributed by atoms with van der Waals surface area (Å²) < 4.78 is 5.58. The van der Waals surface area contributed by atoms with Gasteiger partial charge in [-0.2, -0.15) is 0 Å². The maximum atomic E-state index is 13.1. The Balaban J connectivity index is 1.37. The fourth-order valence-corrected chi connectivity index (χ4v) is 5.94. The molecule has 6 rings (SSSR count). The number of benzene rings is 1. The molecule has 0 spiro atoms. The molecule has 1 aliphatic heterocycles. The summed E-state index contributed by atoms with van der Waals surface area (Å²) in [5, 5.41) is 5.97. The summed E-state index contributed by atoms with van der Waals surface area (Å²) in [5.74, 6) is 2.90. The van der Waals surface area contributed by atoms with E-state index in [1.165, 1.54) is 19.3 Å². The second-order valence-electron chi connectivity index (χ2n) is 8.61. The van der Waals surface area contributed by atoms with E-state index in [4.69, 9.17) is 4.74 Å². The average Bonchev–Trinajstić information content (AvgIpc) is 2.55. The van der Waals surface area contributed by atoms with Gasteiger partial charge in [-0.05, 0) is 81.4 Å². The molecule has 2 N–H and O–H groups in total. The van der Waals surface area contributed by atoms with Crippen LogP contribution >= 0.6 is 0 Å². The van der Waals surface area contributed by atoms with Gasteiger partial charge in [-0.25, -0.2) is 0 Å². The van der Waals surface area contributed by atoms with Gasteiger partial charge in [0.05, 0.1) is 11.1 Å². The van der Waals surface area contributed by atoms with E-state index in [1.807, 2.05) is 12.1 Å². The van der Waals surface area contributed by atoms with E-state index in [-0.39, 0.29) is 17.2 Å². The lowest BCUT2D eigenvalue weighted by Gasteiger charge is -2.55. The van der Waals surface area contributed by atoms with E-state index in [0.717, 1.165) is 42.7 Å². The van der Waals surface area contributed by atoms with Crippen LogP contribution in [0.5, 0.6) is 5.75 Å². The van der Waals surface area contributed by atoms with E-state index in [0.29, 0.717) is 11.4 Å². The number of ether oxygens (including phenoxy) is 1. The van der Waals surface area contributed by atoms with Gasteiger partial charge < -0.3 is 15.4 Å². The minimum atomic E-state index is -0.486. The van der Waals surface area contributed by atoms with Crippen molar-refractivity contribution >= 4 is 23.2 Å². The van der Waals surface area contributed by atoms with Crippen molar-refractivity contribution in [1.82, 2.24) is 0 Å². The largest absolute Gasteiger partial charge is 0.479 e. The number of carbonyl (C=O) groups is 2. The highest BCUT2D eigenvalue weighted by Crippen LogP contribution is 2.60. The molecule has 1 atom stereocenters. The minimum Gasteiger partial charge on any atom is -0.479 e. The van der Waals surface area contributed by atoms with Crippen molar-refractivity contribution in [3.8, 4) is 5.75 Å². The number of hydrogen-bond donors (Lipinski definition) is 2. The molecule has 132 valence electrons. The van der Waals surface area contributed by atoms with E-state index in [1.54, 1.807) is 13.0 Å². The standard InChI is InChI=1S/C20H24N2O3/c1-11-18(23)22-16-7-15(2-3-17(16)25-11)21-19(24)20-8-12-4-13(9-20)6-14(5-12)10-20/h2-3,7,11-14H,4-6,8-10H2,1H3,(H,21,24)(H,22,23)/t11-,12?,13?,14?,20?/m1/s1. The van der Waals surface area contributed by atoms with E-state index in [9.17, 15) is 9.59 Å². The molecule has 5 aliphatic rings. The number of amides is 2. The van der Waals surface area contributed by atoms with Gasteiger partial charge in [-0.1, -0.05) is 0 Å². The van der Waals surface area contributed by atoms with Crippen LogP contribution in [0, 0.1) is 23.2 Å². The lowest BCUT2D eigenvalue weighted by molar-refractivity contribution is -0.140.